The highest BCUT2D eigenvalue weighted by Gasteiger charge is 2.28. The Morgan fingerprint density at radius 2 is 1.64 bits per heavy atom. The van der Waals surface area contributed by atoms with Crippen LogP contribution in [0.5, 0.6) is 0 Å². The minimum atomic E-state index is -1.91. The van der Waals surface area contributed by atoms with Crippen molar-refractivity contribution in [1.82, 2.24) is 0 Å². The van der Waals surface area contributed by atoms with Crippen molar-refractivity contribution < 1.29 is 14.6 Å². The molecular formula is C11H15FO2. The summed E-state index contributed by atoms with van der Waals surface area (Å²) in [5, 5.41) is 17.5. The van der Waals surface area contributed by atoms with Gasteiger partial charge in [0, 0.05) is 6.42 Å². The first-order valence-corrected chi connectivity index (χ1v) is 4.56. The van der Waals surface area contributed by atoms with Crippen molar-refractivity contribution in [2.45, 2.75) is 19.0 Å². The maximum atomic E-state index is 13.5. The summed E-state index contributed by atoms with van der Waals surface area (Å²) < 4.78 is 13.5. The summed E-state index contributed by atoms with van der Waals surface area (Å²) >= 11 is 0. The Hall–Kier alpha value is -0.930. The monoisotopic (exact) mass is 198 g/mol. The number of halogens is 1. The molecule has 0 amide bonds. The zero-order valence-corrected chi connectivity index (χ0v) is 8.20. The molecule has 0 bridgehead atoms. The van der Waals surface area contributed by atoms with Gasteiger partial charge in [-0.2, -0.15) is 0 Å². The van der Waals surface area contributed by atoms with Crippen molar-refractivity contribution >= 4 is 0 Å². The lowest BCUT2D eigenvalue weighted by atomic mass is 9.97. The number of aliphatic hydroxyl groups excluding tert-OH is 2. The minimum absolute atomic E-state index is 0.0419. The first-order chi connectivity index (χ1) is 6.59. The van der Waals surface area contributed by atoms with Gasteiger partial charge in [0.15, 0.2) is 5.67 Å². The Morgan fingerprint density at radius 1 is 1.14 bits per heavy atom. The predicted molar refractivity (Wildman–Crippen MR) is 52.9 cm³/mol. The highest BCUT2D eigenvalue weighted by Crippen LogP contribution is 2.17. The average molecular weight is 198 g/mol. The van der Waals surface area contributed by atoms with Crippen molar-refractivity contribution in [1.29, 1.82) is 0 Å². The van der Waals surface area contributed by atoms with Gasteiger partial charge in [-0.1, -0.05) is 29.8 Å². The van der Waals surface area contributed by atoms with Gasteiger partial charge in [0.1, 0.15) is 0 Å². The van der Waals surface area contributed by atoms with Crippen LogP contribution in [0.2, 0.25) is 0 Å². The van der Waals surface area contributed by atoms with Gasteiger partial charge >= 0.3 is 0 Å². The smallest absolute Gasteiger partial charge is 0.160 e. The summed E-state index contributed by atoms with van der Waals surface area (Å²) in [6, 6.07) is 7.36. The topological polar surface area (TPSA) is 40.5 Å². The summed E-state index contributed by atoms with van der Waals surface area (Å²) in [7, 11) is 0. The molecule has 0 aliphatic rings. The molecule has 0 radical (unpaired) electrons. The van der Waals surface area contributed by atoms with Crippen molar-refractivity contribution in [2.24, 2.45) is 0 Å². The van der Waals surface area contributed by atoms with Crippen LogP contribution in [0.4, 0.5) is 4.39 Å². The number of aryl methyl sites for hydroxylation is 1. The highest BCUT2D eigenvalue weighted by atomic mass is 19.1. The second-order valence-corrected chi connectivity index (χ2v) is 3.63. The van der Waals surface area contributed by atoms with Crippen LogP contribution < -0.4 is 0 Å². The van der Waals surface area contributed by atoms with Crippen LogP contribution in [0.1, 0.15) is 11.1 Å². The first-order valence-electron chi connectivity index (χ1n) is 4.56. The van der Waals surface area contributed by atoms with Crippen LogP contribution in [-0.4, -0.2) is 29.1 Å². The molecule has 0 saturated carbocycles. The third-order valence-electron chi connectivity index (χ3n) is 2.21. The molecule has 1 aromatic rings. The Morgan fingerprint density at radius 3 is 2.07 bits per heavy atom. The molecule has 2 nitrogen and oxygen atoms in total. The SMILES string of the molecule is Cc1ccc(CC(F)(CO)CO)cc1. The van der Waals surface area contributed by atoms with E-state index in [0.717, 1.165) is 11.1 Å². The molecule has 0 atom stereocenters. The molecular weight excluding hydrogens is 183 g/mol. The maximum absolute atomic E-state index is 13.5. The molecule has 0 fully saturated rings. The Labute approximate surface area is 83.0 Å². The fourth-order valence-electron chi connectivity index (χ4n) is 1.23. The van der Waals surface area contributed by atoms with Gasteiger partial charge in [0.25, 0.3) is 0 Å². The zero-order valence-electron chi connectivity index (χ0n) is 8.20. The molecule has 1 aromatic carbocycles. The van der Waals surface area contributed by atoms with E-state index in [0.29, 0.717) is 0 Å². The van der Waals surface area contributed by atoms with Crippen molar-refractivity contribution in [3.63, 3.8) is 0 Å². The fraction of sp³-hybridized carbons (Fsp3) is 0.455. The molecule has 0 aliphatic heterocycles. The third-order valence-corrected chi connectivity index (χ3v) is 2.21. The summed E-state index contributed by atoms with van der Waals surface area (Å²) in [5.41, 5.74) is -0.0256. The number of aliphatic hydroxyl groups is 2. The van der Waals surface area contributed by atoms with Crippen LogP contribution in [0, 0.1) is 6.92 Å². The number of hydrogen-bond donors (Lipinski definition) is 2. The van der Waals surface area contributed by atoms with Crippen molar-refractivity contribution in [2.75, 3.05) is 13.2 Å². The molecule has 0 heterocycles. The van der Waals surface area contributed by atoms with E-state index in [-0.39, 0.29) is 6.42 Å². The second kappa shape index (κ2) is 4.53. The van der Waals surface area contributed by atoms with E-state index in [4.69, 9.17) is 10.2 Å². The lowest BCUT2D eigenvalue weighted by Crippen LogP contribution is -2.34. The Kier molecular flexibility index (Phi) is 3.61. The van der Waals surface area contributed by atoms with Crippen molar-refractivity contribution in [3.05, 3.63) is 35.4 Å². The van der Waals surface area contributed by atoms with E-state index in [1.807, 2.05) is 19.1 Å². The molecule has 0 saturated heterocycles. The van der Waals surface area contributed by atoms with Gasteiger partial charge in [0.2, 0.25) is 0 Å². The van der Waals surface area contributed by atoms with E-state index in [1.165, 1.54) is 0 Å². The van der Waals surface area contributed by atoms with E-state index < -0.39 is 18.9 Å². The molecule has 14 heavy (non-hydrogen) atoms. The standard InChI is InChI=1S/C11H15FO2/c1-9-2-4-10(5-3-9)6-11(12,7-13)8-14/h2-5,13-14H,6-8H2,1H3. The lowest BCUT2D eigenvalue weighted by Gasteiger charge is -2.20. The van der Waals surface area contributed by atoms with E-state index in [1.54, 1.807) is 12.1 Å². The van der Waals surface area contributed by atoms with Crippen LogP contribution in [-0.2, 0) is 6.42 Å². The van der Waals surface area contributed by atoms with E-state index in [9.17, 15) is 4.39 Å². The van der Waals surface area contributed by atoms with Gasteiger partial charge < -0.3 is 10.2 Å². The minimum Gasteiger partial charge on any atom is -0.393 e. The molecule has 0 aromatic heterocycles. The summed E-state index contributed by atoms with van der Waals surface area (Å²) in [6.07, 6.45) is 0.0419. The van der Waals surface area contributed by atoms with Crippen LogP contribution >= 0.6 is 0 Å². The molecule has 3 heteroatoms. The lowest BCUT2D eigenvalue weighted by molar-refractivity contribution is 0.0166. The average Bonchev–Trinajstić information content (AvgIpc) is 2.21. The molecule has 0 unspecified atom stereocenters. The molecule has 0 aliphatic carbocycles. The van der Waals surface area contributed by atoms with Crippen LogP contribution in [0.15, 0.2) is 24.3 Å². The third kappa shape index (κ3) is 2.79. The number of benzene rings is 1. The first kappa shape index (κ1) is 11.1. The summed E-state index contributed by atoms with van der Waals surface area (Å²) in [5.74, 6) is 0. The largest absolute Gasteiger partial charge is 0.393 e. The van der Waals surface area contributed by atoms with Gasteiger partial charge in [0.05, 0.1) is 13.2 Å². The quantitative estimate of drug-likeness (QED) is 0.764. The second-order valence-electron chi connectivity index (χ2n) is 3.63. The molecule has 78 valence electrons. The van der Waals surface area contributed by atoms with Crippen molar-refractivity contribution in [3.8, 4) is 0 Å². The predicted octanol–water partition coefficient (Wildman–Crippen LogP) is 1.23. The van der Waals surface area contributed by atoms with E-state index in [2.05, 4.69) is 0 Å². The zero-order chi connectivity index (χ0) is 10.6. The normalized spacial score (nSPS) is 11.7. The number of rotatable bonds is 4. The van der Waals surface area contributed by atoms with E-state index >= 15 is 0 Å². The van der Waals surface area contributed by atoms with Gasteiger partial charge in [-0.05, 0) is 12.5 Å². The number of hydrogen-bond acceptors (Lipinski definition) is 2. The Bertz CT molecular complexity index is 278. The Balaban J connectivity index is 2.72. The summed E-state index contributed by atoms with van der Waals surface area (Å²) in [4.78, 5) is 0. The number of alkyl halides is 1. The highest BCUT2D eigenvalue weighted by molar-refractivity contribution is 5.22. The summed E-state index contributed by atoms with van der Waals surface area (Å²) in [6.45, 7) is 0.638. The van der Waals surface area contributed by atoms with Gasteiger partial charge in [-0.15, -0.1) is 0 Å². The molecule has 0 spiro atoms. The maximum Gasteiger partial charge on any atom is 0.160 e. The van der Waals surface area contributed by atoms with Crippen LogP contribution in [0.25, 0.3) is 0 Å². The van der Waals surface area contributed by atoms with Crippen LogP contribution in [0.3, 0.4) is 0 Å². The van der Waals surface area contributed by atoms with Gasteiger partial charge in [-0.25, -0.2) is 4.39 Å². The fourth-order valence-corrected chi connectivity index (χ4v) is 1.23. The molecule has 2 N–H and O–H groups in total. The van der Waals surface area contributed by atoms with Gasteiger partial charge in [-0.3, -0.25) is 0 Å². The molecule has 1 rings (SSSR count).